The van der Waals surface area contributed by atoms with E-state index < -0.39 is 0 Å². The summed E-state index contributed by atoms with van der Waals surface area (Å²) in [7, 11) is 3.17. The maximum absolute atomic E-state index is 5.84. The van der Waals surface area contributed by atoms with E-state index in [-0.39, 0.29) is 0 Å². The summed E-state index contributed by atoms with van der Waals surface area (Å²) in [6.07, 6.45) is 1.58. The lowest BCUT2D eigenvalue weighted by molar-refractivity contribution is 0.356. The first-order chi connectivity index (χ1) is 9.74. The van der Waals surface area contributed by atoms with Gasteiger partial charge in [0.1, 0.15) is 11.5 Å². The minimum absolute atomic E-state index is 0.369. The van der Waals surface area contributed by atoms with E-state index in [0.29, 0.717) is 28.1 Å². The van der Waals surface area contributed by atoms with Crippen molar-refractivity contribution in [3.63, 3.8) is 0 Å². The highest BCUT2D eigenvalue weighted by atomic mass is 35.5. The van der Waals surface area contributed by atoms with Gasteiger partial charge in [0.05, 0.1) is 19.8 Å². The molecule has 6 nitrogen and oxygen atoms in total. The van der Waals surface area contributed by atoms with Gasteiger partial charge < -0.3 is 9.47 Å². The van der Waals surface area contributed by atoms with Crippen molar-refractivity contribution in [2.45, 2.75) is 0 Å². The summed E-state index contributed by atoms with van der Waals surface area (Å²) >= 11 is 5.84. The van der Waals surface area contributed by atoms with E-state index in [0.717, 1.165) is 5.56 Å². The van der Waals surface area contributed by atoms with Crippen LogP contribution in [0.25, 0.3) is 17.0 Å². The number of aromatic nitrogens is 4. The molecule has 0 spiro atoms. The largest absolute Gasteiger partial charge is 0.493 e. The zero-order valence-corrected chi connectivity index (χ0v) is 11.6. The number of ether oxygens (including phenoxy) is 2. The molecule has 0 atom stereocenters. The maximum Gasteiger partial charge on any atom is 0.173 e. The average Bonchev–Trinajstić information content (AvgIpc) is 2.88. The van der Waals surface area contributed by atoms with Crippen LogP contribution in [0.3, 0.4) is 0 Å². The van der Waals surface area contributed by atoms with Crippen LogP contribution in [0.4, 0.5) is 0 Å². The Balaban J connectivity index is 2.26. The second kappa shape index (κ2) is 4.97. The summed E-state index contributed by atoms with van der Waals surface area (Å²) in [6, 6.07) is 7.21. The average molecular weight is 291 g/mol. The van der Waals surface area contributed by atoms with Crippen LogP contribution in [0.5, 0.6) is 11.5 Å². The lowest BCUT2D eigenvalue weighted by Crippen LogP contribution is -1.96. The first-order valence-electron chi connectivity index (χ1n) is 5.82. The number of methoxy groups -OCH3 is 2. The normalized spacial score (nSPS) is 10.8. The second-order valence-electron chi connectivity index (χ2n) is 4.00. The summed E-state index contributed by atoms with van der Waals surface area (Å²) in [5, 5.41) is 8.62. The Morgan fingerprint density at radius 2 is 2.00 bits per heavy atom. The molecule has 20 heavy (non-hydrogen) atoms. The monoisotopic (exact) mass is 290 g/mol. The second-order valence-corrected chi connectivity index (χ2v) is 4.39. The highest BCUT2D eigenvalue weighted by Crippen LogP contribution is 2.36. The summed E-state index contributed by atoms with van der Waals surface area (Å²) in [4.78, 5) is 4.04. The number of benzene rings is 1. The third kappa shape index (κ3) is 1.94. The molecule has 1 aromatic carbocycles. The maximum atomic E-state index is 5.84. The molecule has 0 unspecified atom stereocenters. The molecule has 7 heteroatoms. The van der Waals surface area contributed by atoms with E-state index in [1.54, 1.807) is 31.0 Å². The van der Waals surface area contributed by atoms with Gasteiger partial charge in [-0.15, -0.1) is 10.2 Å². The van der Waals surface area contributed by atoms with Crippen LogP contribution in [-0.2, 0) is 0 Å². The van der Waals surface area contributed by atoms with Crippen molar-refractivity contribution in [3.05, 3.63) is 35.7 Å². The topological polar surface area (TPSA) is 61.5 Å². The number of fused-ring (bicyclic) bond motifs is 1. The molecule has 0 aliphatic heterocycles. The van der Waals surface area contributed by atoms with Crippen LogP contribution in [0.15, 0.2) is 30.6 Å². The minimum Gasteiger partial charge on any atom is -0.493 e. The number of para-hydroxylation sites is 1. The number of hydrogen-bond donors (Lipinski definition) is 0. The van der Waals surface area contributed by atoms with Crippen molar-refractivity contribution in [1.82, 2.24) is 19.6 Å². The quantitative estimate of drug-likeness (QED) is 0.693. The molecule has 3 rings (SSSR count). The van der Waals surface area contributed by atoms with Crippen molar-refractivity contribution in [2.75, 3.05) is 14.2 Å². The third-order valence-corrected chi connectivity index (χ3v) is 3.12. The molecular formula is C13H11ClN4O2. The highest BCUT2D eigenvalue weighted by Gasteiger charge is 2.16. The van der Waals surface area contributed by atoms with Crippen LogP contribution in [0.1, 0.15) is 0 Å². The molecule has 0 saturated heterocycles. The van der Waals surface area contributed by atoms with Gasteiger partial charge in [0.2, 0.25) is 0 Å². The van der Waals surface area contributed by atoms with Gasteiger partial charge >= 0.3 is 0 Å². The van der Waals surface area contributed by atoms with E-state index in [1.807, 2.05) is 18.2 Å². The summed E-state index contributed by atoms with van der Waals surface area (Å²) in [6.45, 7) is 0. The molecule has 0 amide bonds. The fraction of sp³-hybridized carbons (Fsp3) is 0.154. The Labute approximate surface area is 119 Å². The first kappa shape index (κ1) is 12.7. The summed E-state index contributed by atoms with van der Waals surface area (Å²) < 4.78 is 12.4. The fourth-order valence-electron chi connectivity index (χ4n) is 2.02. The third-order valence-electron chi connectivity index (χ3n) is 2.91. The first-order valence-corrected chi connectivity index (χ1v) is 6.20. The van der Waals surface area contributed by atoms with Crippen molar-refractivity contribution in [1.29, 1.82) is 0 Å². The lowest BCUT2D eigenvalue weighted by Gasteiger charge is -2.11. The molecule has 2 heterocycles. The zero-order chi connectivity index (χ0) is 14.1. The predicted molar refractivity (Wildman–Crippen MR) is 74.3 cm³/mol. The Morgan fingerprint density at radius 3 is 2.75 bits per heavy atom. The SMILES string of the molecule is COc1cccc(-c2nnc3cc(Cl)ncn23)c1OC. The molecule has 102 valence electrons. The van der Waals surface area contributed by atoms with Crippen LogP contribution in [-0.4, -0.2) is 33.8 Å². The highest BCUT2D eigenvalue weighted by molar-refractivity contribution is 6.29. The number of halogens is 1. The Bertz CT molecular complexity index is 772. The summed E-state index contributed by atoms with van der Waals surface area (Å²) in [5.41, 5.74) is 1.38. The van der Waals surface area contributed by atoms with E-state index in [9.17, 15) is 0 Å². The fourth-order valence-corrected chi connectivity index (χ4v) is 2.16. The van der Waals surface area contributed by atoms with Crippen LogP contribution in [0.2, 0.25) is 5.15 Å². The Morgan fingerprint density at radius 1 is 1.15 bits per heavy atom. The van der Waals surface area contributed by atoms with Gasteiger partial charge in [-0.3, -0.25) is 4.40 Å². The van der Waals surface area contributed by atoms with Crippen molar-refractivity contribution < 1.29 is 9.47 Å². The van der Waals surface area contributed by atoms with Gasteiger partial charge in [0, 0.05) is 6.07 Å². The number of hydrogen-bond acceptors (Lipinski definition) is 5. The van der Waals surface area contributed by atoms with E-state index in [4.69, 9.17) is 21.1 Å². The van der Waals surface area contributed by atoms with Gasteiger partial charge in [-0.05, 0) is 12.1 Å². The molecule has 3 aromatic rings. The van der Waals surface area contributed by atoms with Gasteiger partial charge in [-0.25, -0.2) is 4.98 Å². The van der Waals surface area contributed by atoms with Crippen molar-refractivity contribution in [2.24, 2.45) is 0 Å². The van der Waals surface area contributed by atoms with Crippen LogP contribution >= 0.6 is 11.6 Å². The smallest absolute Gasteiger partial charge is 0.173 e. The molecule has 2 aromatic heterocycles. The van der Waals surface area contributed by atoms with E-state index >= 15 is 0 Å². The molecule has 0 aliphatic carbocycles. The molecule has 0 N–H and O–H groups in total. The molecule has 0 saturated carbocycles. The zero-order valence-electron chi connectivity index (χ0n) is 10.9. The lowest BCUT2D eigenvalue weighted by atomic mass is 10.1. The minimum atomic E-state index is 0.369. The Kier molecular flexibility index (Phi) is 3.15. The molecule has 0 bridgehead atoms. The van der Waals surface area contributed by atoms with Crippen molar-refractivity contribution >= 4 is 17.2 Å². The number of nitrogens with zero attached hydrogens (tertiary/aromatic N) is 4. The molecule has 0 fully saturated rings. The van der Waals surface area contributed by atoms with Crippen molar-refractivity contribution in [3.8, 4) is 22.9 Å². The van der Waals surface area contributed by atoms with E-state index in [2.05, 4.69) is 15.2 Å². The standard InChI is InChI=1S/C13H11ClN4O2/c1-19-9-5-3-4-8(12(9)20-2)13-17-16-11-6-10(14)15-7-18(11)13/h3-7H,1-2H3. The van der Waals surface area contributed by atoms with Gasteiger partial charge in [-0.1, -0.05) is 17.7 Å². The number of rotatable bonds is 3. The van der Waals surface area contributed by atoms with Crippen LogP contribution in [0, 0.1) is 0 Å². The van der Waals surface area contributed by atoms with Crippen LogP contribution < -0.4 is 9.47 Å². The molecule has 0 radical (unpaired) electrons. The summed E-state index contributed by atoms with van der Waals surface area (Å²) in [5.74, 6) is 1.84. The Hall–Kier alpha value is -2.34. The van der Waals surface area contributed by atoms with Gasteiger partial charge in [-0.2, -0.15) is 0 Å². The molecule has 0 aliphatic rings. The van der Waals surface area contributed by atoms with Gasteiger partial charge in [0.15, 0.2) is 23.0 Å². The van der Waals surface area contributed by atoms with E-state index in [1.165, 1.54) is 0 Å². The molecular weight excluding hydrogens is 280 g/mol. The van der Waals surface area contributed by atoms with Gasteiger partial charge in [0.25, 0.3) is 0 Å². The predicted octanol–water partition coefficient (Wildman–Crippen LogP) is 2.46.